The van der Waals surface area contributed by atoms with E-state index in [9.17, 15) is 0 Å². The van der Waals surface area contributed by atoms with Gasteiger partial charge < -0.3 is 9.73 Å². The molecule has 0 aliphatic heterocycles. The summed E-state index contributed by atoms with van der Waals surface area (Å²) in [5.41, 5.74) is 0.951. The van der Waals surface area contributed by atoms with E-state index in [1.807, 2.05) is 19.1 Å². The lowest BCUT2D eigenvalue weighted by molar-refractivity contribution is 0.551. The molecule has 0 radical (unpaired) electrons. The lowest BCUT2D eigenvalue weighted by Gasteiger charge is -2.09. The van der Waals surface area contributed by atoms with Crippen LogP contribution in [0.2, 0.25) is 0 Å². The number of hydrogen-bond acceptors (Lipinski definition) is 4. The number of rotatable bonds is 4. The van der Waals surface area contributed by atoms with E-state index in [4.69, 9.17) is 4.42 Å². The van der Waals surface area contributed by atoms with E-state index in [0.717, 1.165) is 28.0 Å². The SMILES string of the molecule is CCCNc1nc(-c2ccc(Br)o2)nc(C)c1I. The van der Waals surface area contributed by atoms with Gasteiger partial charge in [0.05, 0.1) is 9.26 Å². The zero-order valence-corrected chi connectivity index (χ0v) is 13.9. The Bertz CT molecular complexity index is 556. The molecular weight excluding hydrogens is 409 g/mol. The molecule has 0 amide bonds. The third-order valence-electron chi connectivity index (χ3n) is 2.35. The van der Waals surface area contributed by atoms with E-state index < -0.39 is 0 Å². The molecule has 0 spiro atoms. The van der Waals surface area contributed by atoms with Gasteiger partial charge in [-0.05, 0) is 64.0 Å². The van der Waals surface area contributed by atoms with E-state index in [0.29, 0.717) is 16.3 Å². The average Bonchev–Trinajstić information content (AvgIpc) is 2.77. The molecule has 0 aliphatic carbocycles. The second kappa shape index (κ2) is 6.01. The molecule has 2 heterocycles. The molecule has 0 saturated heterocycles. The summed E-state index contributed by atoms with van der Waals surface area (Å²) >= 11 is 5.54. The van der Waals surface area contributed by atoms with Crippen LogP contribution in [0.15, 0.2) is 21.2 Å². The van der Waals surface area contributed by atoms with E-state index in [1.54, 1.807) is 0 Å². The van der Waals surface area contributed by atoms with Crippen molar-refractivity contribution < 1.29 is 4.42 Å². The van der Waals surface area contributed by atoms with E-state index in [2.05, 4.69) is 60.7 Å². The van der Waals surface area contributed by atoms with Gasteiger partial charge in [0.25, 0.3) is 0 Å². The standard InChI is InChI=1S/C12H13BrIN3O/c1-3-6-15-12-10(14)7(2)16-11(17-12)8-4-5-9(13)18-8/h4-5H,3,6H2,1-2H3,(H,15,16,17). The number of furan rings is 1. The fraction of sp³-hybridized carbons (Fsp3) is 0.333. The topological polar surface area (TPSA) is 51.0 Å². The maximum atomic E-state index is 5.49. The molecule has 6 heteroatoms. The molecule has 2 rings (SSSR count). The molecule has 0 unspecified atom stereocenters. The van der Waals surface area contributed by atoms with Crippen molar-refractivity contribution in [3.05, 3.63) is 26.1 Å². The van der Waals surface area contributed by atoms with Crippen molar-refractivity contribution in [2.45, 2.75) is 20.3 Å². The minimum absolute atomic E-state index is 0.609. The molecule has 2 aromatic heterocycles. The Labute approximate surface area is 128 Å². The molecule has 0 fully saturated rings. The average molecular weight is 422 g/mol. The quantitative estimate of drug-likeness (QED) is 0.750. The van der Waals surface area contributed by atoms with Crippen LogP contribution in [-0.2, 0) is 0 Å². The van der Waals surface area contributed by atoms with Crippen LogP contribution in [-0.4, -0.2) is 16.5 Å². The van der Waals surface area contributed by atoms with Gasteiger partial charge in [-0.15, -0.1) is 0 Å². The van der Waals surface area contributed by atoms with Crippen molar-refractivity contribution in [1.82, 2.24) is 9.97 Å². The van der Waals surface area contributed by atoms with Crippen molar-refractivity contribution in [2.24, 2.45) is 0 Å². The Hall–Kier alpha value is -0.630. The Balaban J connectivity index is 2.40. The molecule has 0 aliphatic rings. The summed E-state index contributed by atoms with van der Waals surface area (Å²) in [7, 11) is 0. The maximum absolute atomic E-state index is 5.49. The molecule has 1 N–H and O–H groups in total. The Morgan fingerprint density at radius 2 is 2.17 bits per heavy atom. The Morgan fingerprint density at radius 1 is 1.39 bits per heavy atom. The van der Waals surface area contributed by atoms with Crippen molar-refractivity contribution in [2.75, 3.05) is 11.9 Å². The summed E-state index contributed by atoms with van der Waals surface area (Å²) in [6, 6.07) is 3.69. The molecule has 4 nitrogen and oxygen atoms in total. The largest absolute Gasteiger partial charge is 0.446 e. The molecule has 0 aromatic carbocycles. The van der Waals surface area contributed by atoms with Gasteiger partial charge in [0, 0.05) is 6.54 Å². The van der Waals surface area contributed by atoms with Crippen molar-refractivity contribution >= 4 is 44.3 Å². The van der Waals surface area contributed by atoms with Gasteiger partial charge in [0.2, 0.25) is 0 Å². The molecule has 96 valence electrons. The summed E-state index contributed by atoms with van der Waals surface area (Å²) in [5, 5.41) is 3.31. The summed E-state index contributed by atoms with van der Waals surface area (Å²) in [4.78, 5) is 8.96. The van der Waals surface area contributed by atoms with Gasteiger partial charge in [-0.2, -0.15) is 0 Å². The minimum atomic E-state index is 0.609. The number of nitrogens with one attached hydrogen (secondary N) is 1. The summed E-state index contributed by atoms with van der Waals surface area (Å²) in [5.74, 6) is 2.14. The van der Waals surface area contributed by atoms with E-state index in [-0.39, 0.29) is 0 Å². The van der Waals surface area contributed by atoms with Crippen molar-refractivity contribution in [3.8, 4) is 11.6 Å². The van der Waals surface area contributed by atoms with Crippen LogP contribution in [0.5, 0.6) is 0 Å². The van der Waals surface area contributed by atoms with E-state index in [1.165, 1.54) is 0 Å². The normalized spacial score (nSPS) is 10.7. The molecule has 18 heavy (non-hydrogen) atoms. The third-order valence-corrected chi connectivity index (χ3v) is 4.07. The van der Waals surface area contributed by atoms with Gasteiger partial charge in [-0.25, -0.2) is 9.97 Å². The van der Waals surface area contributed by atoms with Crippen LogP contribution < -0.4 is 5.32 Å². The van der Waals surface area contributed by atoms with Crippen LogP contribution in [0.25, 0.3) is 11.6 Å². The first-order valence-corrected chi connectivity index (χ1v) is 7.52. The molecular formula is C12H13BrIN3O. The van der Waals surface area contributed by atoms with Gasteiger partial charge in [0.15, 0.2) is 16.3 Å². The highest BCUT2D eigenvalue weighted by atomic mass is 127. The van der Waals surface area contributed by atoms with Gasteiger partial charge in [-0.3, -0.25) is 0 Å². The first kappa shape index (κ1) is 13.8. The van der Waals surface area contributed by atoms with Crippen LogP contribution in [0.1, 0.15) is 19.0 Å². The van der Waals surface area contributed by atoms with E-state index >= 15 is 0 Å². The van der Waals surface area contributed by atoms with Crippen LogP contribution in [0.3, 0.4) is 0 Å². The molecule has 0 saturated carbocycles. The minimum Gasteiger partial charge on any atom is -0.446 e. The van der Waals surface area contributed by atoms with Gasteiger partial charge in [-0.1, -0.05) is 6.92 Å². The monoisotopic (exact) mass is 421 g/mol. The maximum Gasteiger partial charge on any atom is 0.197 e. The van der Waals surface area contributed by atoms with Gasteiger partial charge >= 0.3 is 0 Å². The number of halogens is 2. The highest BCUT2D eigenvalue weighted by molar-refractivity contribution is 14.1. The summed E-state index contributed by atoms with van der Waals surface area (Å²) < 4.78 is 7.22. The number of anilines is 1. The van der Waals surface area contributed by atoms with Crippen LogP contribution >= 0.6 is 38.5 Å². The highest BCUT2D eigenvalue weighted by Crippen LogP contribution is 2.26. The third kappa shape index (κ3) is 3.03. The van der Waals surface area contributed by atoms with Crippen molar-refractivity contribution in [3.63, 3.8) is 0 Å². The lowest BCUT2D eigenvalue weighted by Crippen LogP contribution is -2.07. The van der Waals surface area contributed by atoms with Gasteiger partial charge in [0.1, 0.15) is 5.82 Å². The predicted molar refractivity (Wildman–Crippen MR) is 83.7 cm³/mol. The Kier molecular flexibility index (Phi) is 4.60. The fourth-order valence-electron chi connectivity index (χ4n) is 1.46. The molecule has 0 bridgehead atoms. The van der Waals surface area contributed by atoms with Crippen LogP contribution in [0, 0.1) is 10.5 Å². The van der Waals surface area contributed by atoms with Crippen molar-refractivity contribution in [1.29, 1.82) is 0 Å². The Morgan fingerprint density at radius 3 is 2.78 bits per heavy atom. The number of aromatic nitrogens is 2. The number of nitrogens with zero attached hydrogens (tertiary/aromatic N) is 2. The smallest absolute Gasteiger partial charge is 0.197 e. The zero-order chi connectivity index (χ0) is 13.1. The zero-order valence-electron chi connectivity index (χ0n) is 10.1. The lowest BCUT2D eigenvalue weighted by atomic mass is 10.3. The molecule has 0 atom stereocenters. The number of hydrogen-bond donors (Lipinski definition) is 1. The fourth-order valence-corrected chi connectivity index (χ4v) is 2.20. The predicted octanol–water partition coefficient (Wildman–Crippen LogP) is 4.23. The number of aryl methyl sites for hydroxylation is 1. The first-order chi connectivity index (χ1) is 8.61. The highest BCUT2D eigenvalue weighted by Gasteiger charge is 2.12. The summed E-state index contributed by atoms with van der Waals surface area (Å²) in [6.07, 6.45) is 1.06. The second-order valence-electron chi connectivity index (χ2n) is 3.83. The first-order valence-electron chi connectivity index (χ1n) is 5.65. The molecule has 2 aromatic rings. The van der Waals surface area contributed by atoms with Crippen LogP contribution in [0.4, 0.5) is 5.82 Å². The second-order valence-corrected chi connectivity index (χ2v) is 5.69. The summed E-state index contributed by atoms with van der Waals surface area (Å²) in [6.45, 7) is 4.99.